The van der Waals surface area contributed by atoms with Gasteiger partial charge in [0.05, 0.1) is 16.9 Å². The van der Waals surface area contributed by atoms with Crippen molar-refractivity contribution >= 4 is 17.2 Å². The number of nitrogens with zero attached hydrogens (tertiary/aromatic N) is 2. The van der Waals surface area contributed by atoms with Crippen molar-refractivity contribution in [2.24, 2.45) is 5.73 Å². The van der Waals surface area contributed by atoms with Crippen molar-refractivity contribution in [3.63, 3.8) is 0 Å². The normalized spacial score (nSPS) is 12.4. The van der Waals surface area contributed by atoms with Gasteiger partial charge in [-0.15, -0.1) is 11.3 Å². The van der Waals surface area contributed by atoms with E-state index in [2.05, 4.69) is 20.5 Å². The number of H-pyrrole nitrogens is 1. The van der Waals surface area contributed by atoms with Gasteiger partial charge in [0.15, 0.2) is 0 Å². The highest BCUT2D eigenvalue weighted by atomic mass is 32.1. The minimum atomic E-state index is -0.684. The van der Waals surface area contributed by atoms with Gasteiger partial charge < -0.3 is 11.1 Å². The van der Waals surface area contributed by atoms with E-state index in [1.54, 1.807) is 11.3 Å². The SMILES string of the molecule is Cc1ncsc1CCNC(=O)C(N)c1c(C)n[nH]c1C. The standard InChI is InChI=1S/C13H19N5OS/c1-7-10(20-6-16-7)4-5-15-13(19)12(14)11-8(2)17-18-9(11)3/h6,12H,4-5,14H2,1-3H3,(H,15,19)(H,17,18). The Hall–Kier alpha value is -1.73. The van der Waals surface area contributed by atoms with Gasteiger partial charge in [0.1, 0.15) is 6.04 Å². The van der Waals surface area contributed by atoms with Crippen molar-refractivity contribution < 1.29 is 4.79 Å². The van der Waals surface area contributed by atoms with Gasteiger partial charge in [0.2, 0.25) is 5.91 Å². The van der Waals surface area contributed by atoms with Crippen LogP contribution >= 0.6 is 11.3 Å². The summed E-state index contributed by atoms with van der Waals surface area (Å²) < 4.78 is 0. The lowest BCUT2D eigenvalue weighted by Crippen LogP contribution is -2.35. The maximum absolute atomic E-state index is 12.1. The molecule has 0 aliphatic heterocycles. The first kappa shape index (κ1) is 14.7. The molecule has 0 fully saturated rings. The molecule has 4 N–H and O–H groups in total. The number of aromatic amines is 1. The van der Waals surface area contributed by atoms with Crippen LogP contribution in [0.3, 0.4) is 0 Å². The highest BCUT2D eigenvalue weighted by Gasteiger charge is 2.21. The number of aromatic nitrogens is 3. The van der Waals surface area contributed by atoms with E-state index in [1.165, 1.54) is 4.88 Å². The largest absolute Gasteiger partial charge is 0.354 e. The third-order valence-electron chi connectivity index (χ3n) is 3.27. The van der Waals surface area contributed by atoms with Crippen molar-refractivity contribution in [2.45, 2.75) is 33.2 Å². The molecule has 0 saturated carbocycles. The summed E-state index contributed by atoms with van der Waals surface area (Å²) in [6.07, 6.45) is 0.776. The van der Waals surface area contributed by atoms with E-state index in [1.807, 2.05) is 26.3 Å². The minimum Gasteiger partial charge on any atom is -0.354 e. The highest BCUT2D eigenvalue weighted by molar-refractivity contribution is 7.09. The summed E-state index contributed by atoms with van der Waals surface area (Å²) in [4.78, 5) is 17.4. The Bertz CT molecular complexity index is 584. The molecule has 6 nitrogen and oxygen atoms in total. The van der Waals surface area contributed by atoms with Gasteiger partial charge in [-0.2, -0.15) is 5.10 Å². The van der Waals surface area contributed by atoms with Gasteiger partial charge in [-0.05, 0) is 20.8 Å². The molecule has 108 valence electrons. The smallest absolute Gasteiger partial charge is 0.241 e. The molecular weight excluding hydrogens is 274 g/mol. The van der Waals surface area contributed by atoms with Crippen molar-refractivity contribution in [2.75, 3.05) is 6.54 Å². The lowest BCUT2D eigenvalue weighted by Gasteiger charge is -2.12. The fourth-order valence-electron chi connectivity index (χ4n) is 2.12. The summed E-state index contributed by atoms with van der Waals surface area (Å²) >= 11 is 1.60. The predicted molar refractivity (Wildman–Crippen MR) is 78.6 cm³/mol. The molecule has 0 bridgehead atoms. The third-order valence-corrected chi connectivity index (χ3v) is 4.27. The van der Waals surface area contributed by atoms with Crippen molar-refractivity contribution in [1.29, 1.82) is 0 Å². The van der Waals surface area contributed by atoms with E-state index >= 15 is 0 Å². The highest BCUT2D eigenvalue weighted by Crippen LogP contribution is 2.17. The second kappa shape index (κ2) is 6.15. The van der Waals surface area contributed by atoms with Crippen LogP contribution in [-0.2, 0) is 11.2 Å². The molecule has 2 aromatic rings. The Balaban J connectivity index is 1.91. The quantitative estimate of drug-likeness (QED) is 0.770. The Morgan fingerprint density at radius 2 is 2.20 bits per heavy atom. The van der Waals surface area contributed by atoms with E-state index in [4.69, 9.17) is 5.73 Å². The van der Waals surface area contributed by atoms with Gasteiger partial charge in [0.25, 0.3) is 0 Å². The van der Waals surface area contributed by atoms with Gasteiger partial charge in [-0.3, -0.25) is 9.89 Å². The van der Waals surface area contributed by atoms with E-state index in [0.717, 1.165) is 29.1 Å². The van der Waals surface area contributed by atoms with Crippen LogP contribution in [0.2, 0.25) is 0 Å². The van der Waals surface area contributed by atoms with Crippen LogP contribution in [0.4, 0.5) is 0 Å². The number of carbonyl (C=O) groups is 1. The van der Waals surface area contributed by atoms with Gasteiger partial charge in [-0.25, -0.2) is 4.98 Å². The lowest BCUT2D eigenvalue weighted by molar-refractivity contribution is -0.122. The van der Waals surface area contributed by atoms with Crippen molar-refractivity contribution in [3.05, 3.63) is 33.0 Å². The number of hydrogen-bond donors (Lipinski definition) is 3. The summed E-state index contributed by atoms with van der Waals surface area (Å²) in [6, 6.07) is -0.684. The molecule has 0 saturated heterocycles. The van der Waals surface area contributed by atoms with Crippen LogP contribution in [0.5, 0.6) is 0 Å². The molecule has 2 rings (SSSR count). The lowest BCUT2D eigenvalue weighted by atomic mass is 10.1. The first-order valence-electron chi connectivity index (χ1n) is 6.44. The second-order valence-corrected chi connectivity index (χ2v) is 5.67. The number of nitrogens with one attached hydrogen (secondary N) is 2. The number of aryl methyl sites for hydroxylation is 3. The second-order valence-electron chi connectivity index (χ2n) is 4.73. The van der Waals surface area contributed by atoms with Crippen LogP contribution in [0.15, 0.2) is 5.51 Å². The molecular formula is C13H19N5OS. The van der Waals surface area contributed by atoms with E-state index in [9.17, 15) is 4.79 Å². The summed E-state index contributed by atoms with van der Waals surface area (Å²) in [7, 11) is 0. The maximum Gasteiger partial charge on any atom is 0.241 e. The van der Waals surface area contributed by atoms with Crippen LogP contribution in [0.1, 0.15) is 33.6 Å². The Morgan fingerprint density at radius 1 is 1.45 bits per heavy atom. The Kier molecular flexibility index (Phi) is 4.51. The molecule has 0 radical (unpaired) electrons. The number of nitrogens with two attached hydrogens (primary N) is 1. The zero-order valence-corrected chi connectivity index (χ0v) is 12.7. The molecule has 0 spiro atoms. The molecule has 1 unspecified atom stereocenters. The summed E-state index contributed by atoms with van der Waals surface area (Å²) in [5.74, 6) is -0.181. The van der Waals surface area contributed by atoms with Crippen LogP contribution in [-0.4, -0.2) is 27.6 Å². The summed E-state index contributed by atoms with van der Waals surface area (Å²) in [5, 5.41) is 9.77. The first-order chi connectivity index (χ1) is 9.50. The first-order valence-corrected chi connectivity index (χ1v) is 7.32. The van der Waals surface area contributed by atoms with Gasteiger partial charge >= 0.3 is 0 Å². The molecule has 2 aromatic heterocycles. The zero-order valence-electron chi connectivity index (χ0n) is 11.9. The molecule has 7 heteroatoms. The van der Waals surface area contributed by atoms with E-state index < -0.39 is 6.04 Å². The zero-order chi connectivity index (χ0) is 14.7. The number of thiazole rings is 1. The average Bonchev–Trinajstić information content (AvgIpc) is 2.96. The number of rotatable bonds is 5. The van der Waals surface area contributed by atoms with Crippen molar-refractivity contribution in [3.8, 4) is 0 Å². The molecule has 1 amide bonds. The predicted octanol–water partition coefficient (Wildman–Crippen LogP) is 1.15. The maximum atomic E-state index is 12.1. The summed E-state index contributed by atoms with van der Waals surface area (Å²) in [6.45, 7) is 6.24. The van der Waals surface area contributed by atoms with Crippen LogP contribution < -0.4 is 11.1 Å². The molecule has 0 aliphatic carbocycles. The molecule has 0 aliphatic rings. The third kappa shape index (κ3) is 3.05. The fourth-order valence-corrected chi connectivity index (χ4v) is 2.91. The fraction of sp³-hybridized carbons (Fsp3) is 0.462. The van der Waals surface area contributed by atoms with Crippen molar-refractivity contribution in [1.82, 2.24) is 20.5 Å². The average molecular weight is 293 g/mol. The van der Waals surface area contributed by atoms with Gasteiger partial charge in [0, 0.05) is 29.1 Å². The van der Waals surface area contributed by atoms with Gasteiger partial charge in [-0.1, -0.05) is 0 Å². The monoisotopic (exact) mass is 293 g/mol. The van der Waals surface area contributed by atoms with E-state index in [-0.39, 0.29) is 5.91 Å². The molecule has 0 aromatic carbocycles. The number of amides is 1. The molecule has 1 atom stereocenters. The topological polar surface area (TPSA) is 96.7 Å². The minimum absolute atomic E-state index is 0.181. The molecule has 2 heterocycles. The Morgan fingerprint density at radius 3 is 2.75 bits per heavy atom. The number of carbonyl (C=O) groups excluding carboxylic acids is 1. The van der Waals surface area contributed by atoms with Crippen LogP contribution in [0, 0.1) is 20.8 Å². The number of hydrogen-bond acceptors (Lipinski definition) is 5. The molecule has 20 heavy (non-hydrogen) atoms. The summed E-state index contributed by atoms with van der Waals surface area (Å²) in [5.41, 5.74) is 11.2. The Labute approximate surface area is 121 Å². The van der Waals surface area contributed by atoms with E-state index in [0.29, 0.717) is 6.54 Å². The van der Waals surface area contributed by atoms with Crippen LogP contribution in [0.25, 0.3) is 0 Å².